The molecule has 2 amide bonds. The van der Waals surface area contributed by atoms with Crippen LogP contribution in [-0.4, -0.2) is 29.2 Å². The summed E-state index contributed by atoms with van der Waals surface area (Å²) in [5, 5.41) is 6.78. The summed E-state index contributed by atoms with van der Waals surface area (Å²) in [4.78, 5) is 14.2. The number of likely N-dealkylation sites (tertiary alicyclic amines) is 1. The van der Waals surface area contributed by atoms with E-state index in [0.29, 0.717) is 24.7 Å². The quantitative estimate of drug-likeness (QED) is 0.797. The Bertz CT molecular complexity index is 862. The molecule has 5 nitrogen and oxygen atoms in total. The smallest absolute Gasteiger partial charge is 0.323 e. The minimum Gasteiger partial charge on any atom is -0.359 e. The highest BCUT2D eigenvalue weighted by atomic mass is 35.5. The predicted molar refractivity (Wildman–Crippen MR) is 99.7 cm³/mol. The van der Waals surface area contributed by atoms with E-state index in [9.17, 15) is 9.18 Å². The van der Waals surface area contributed by atoms with Gasteiger partial charge < -0.3 is 9.42 Å². The van der Waals surface area contributed by atoms with Crippen LogP contribution < -0.4 is 5.32 Å². The molecular weight excluding hydrogens is 357 g/mol. The molecule has 1 aromatic heterocycles. The van der Waals surface area contributed by atoms with Crippen molar-refractivity contribution in [2.24, 2.45) is 5.92 Å². The number of rotatable bonds is 2. The molecule has 0 radical (unpaired) electrons. The number of urea groups is 1. The summed E-state index contributed by atoms with van der Waals surface area (Å²) in [6.45, 7) is 6.94. The van der Waals surface area contributed by atoms with Crippen LogP contribution in [0.25, 0.3) is 6.08 Å². The highest BCUT2D eigenvalue weighted by molar-refractivity contribution is 6.30. The number of nitrogens with one attached hydrogen (secondary N) is 1. The molecule has 7 heteroatoms. The van der Waals surface area contributed by atoms with Gasteiger partial charge in [-0.1, -0.05) is 41.4 Å². The number of benzene rings is 1. The maximum absolute atomic E-state index is 13.3. The van der Waals surface area contributed by atoms with Crippen molar-refractivity contribution in [2.45, 2.75) is 27.2 Å². The van der Waals surface area contributed by atoms with Gasteiger partial charge >= 0.3 is 6.03 Å². The molecule has 2 heterocycles. The highest BCUT2D eigenvalue weighted by Gasteiger charge is 2.25. The molecule has 0 aliphatic carbocycles. The molecule has 1 saturated heterocycles. The molecule has 0 saturated carbocycles. The van der Waals surface area contributed by atoms with E-state index in [4.69, 9.17) is 16.1 Å². The van der Waals surface area contributed by atoms with Gasteiger partial charge in [0, 0.05) is 18.7 Å². The Morgan fingerprint density at radius 1 is 1.46 bits per heavy atom. The molecule has 0 bridgehead atoms. The Kier molecular flexibility index (Phi) is 5.32. The number of nitrogens with zero attached hydrogens (tertiary/aromatic N) is 2. The monoisotopic (exact) mass is 377 g/mol. The van der Waals surface area contributed by atoms with Crippen LogP contribution in [0.2, 0.25) is 5.02 Å². The average Bonchev–Trinajstić information content (AvgIpc) is 2.92. The molecule has 0 spiro atoms. The van der Waals surface area contributed by atoms with E-state index < -0.39 is 5.82 Å². The molecule has 1 aromatic carbocycles. The zero-order valence-electron chi connectivity index (χ0n) is 15.0. The van der Waals surface area contributed by atoms with Crippen molar-refractivity contribution >= 4 is 29.5 Å². The van der Waals surface area contributed by atoms with Gasteiger partial charge in [-0.15, -0.1) is 0 Å². The van der Waals surface area contributed by atoms with Crippen molar-refractivity contribution in [1.82, 2.24) is 10.1 Å². The molecule has 1 unspecified atom stereocenters. The van der Waals surface area contributed by atoms with Crippen LogP contribution in [0.1, 0.15) is 30.2 Å². The molecule has 3 rings (SSSR count). The lowest BCUT2D eigenvalue weighted by atomic mass is 9.91. The Balaban J connectivity index is 1.66. The van der Waals surface area contributed by atoms with E-state index >= 15 is 0 Å². The van der Waals surface area contributed by atoms with E-state index in [1.165, 1.54) is 11.6 Å². The van der Waals surface area contributed by atoms with Crippen molar-refractivity contribution in [2.75, 3.05) is 18.4 Å². The summed E-state index contributed by atoms with van der Waals surface area (Å²) in [5.41, 5.74) is 2.91. The molecule has 1 atom stereocenters. The number of amides is 2. The normalized spacial score (nSPS) is 19.0. The fourth-order valence-corrected chi connectivity index (χ4v) is 3.17. The van der Waals surface area contributed by atoms with E-state index in [2.05, 4.69) is 17.4 Å². The van der Waals surface area contributed by atoms with Crippen LogP contribution in [0.5, 0.6) is 0 Å². The number of hydrogen-bond acceptors (Lipinski definition) is 3. The summed E-state index contributed by atoms with van der Waals surface area (Å²) in [6.07, 6.45) is 2.77. The first-order valence-electron chi connectivity index (χ1n) is 8.49. The Morgan fingerprint density at radius 2 is 2.23 bits per heavy atom. The van der Waals surface area contributed by atoms with E-state index in [-0.39, 0.29) is 17.0 Å². The zero-order chi connectivity index (χ0) is 18.8. The number of anilines is 1. The topological polar surface area (TPSA) is 58.4 Å². The van der Waals surface area contributed by atoms with E-state index in [1.54, 1.807) is 24.0 Å². The standard InChI is InChI=1S/C19H21ClFN3O2/c1-11-10-24(19(25)22-18-12(2)13(3)26-23-18)7-6-15(11)8-14-4-5-17(21)16(20)9-14/h4-5,8-9,11H,6-7,10H2,1-3H3,(H,22,23,25)/b15-8+. The summed E-state index contributed by atoms with van der Waals surface area (Å²) in [5.74, 6) is 0.920. The van der Waals surface area contributed by atoms with Crippen LogP contribution in [0, 0.1) is 25.6 Å². The van der Waals surface area contributed by atoms with Gasteiger partial charge in [-0.3, -0.25) is 5.32 Å². The van der Waals surface area contributed by atoms with Gasteiger partial charge in [0.25, 0.3) is 0 Å². The number of carbonyl (C=O) groups is 1. The summed E-state index contributed by atoms with van der Waals surface area (Å²) in [6, 6.07) is 4.50. The minimum absolute atomic E-state index is 0.113. The minimum atomic E-state index is -0.424. The molecule has 1 aliphatic heterocycles. The SMILES string of the molecule is Cc1onc(NC(=O)N2CC/C(=C\c3ccc(F)c(Cl)c3)C(C)C2)c1C. The highest BCUT2D eigenvalue weighted by Crippen LogP contribution is 2.27. The third kappa shape index (κ3) is 3.90. The maximum atomic E-state index is 13.3. The van der Waals surface area contributed by atoms with E-state index in [0.717, 1.165) is 17.5 Å². The number of aryl methyl sites for hydroxylation is 1. The Morgan fingerprint density at radius 3 is 2.85 bits per heavy atom. The first-order valence-corrected chi connectivity index (χ1v) is 8.87. The lowest BCUT2D eigenvalue weighted by Crippen LogP contribution is -2.42. The van der Waals surface area contributed by atoms with Gasteiger partial charge in [0.15, 0.2) is 5.82 Å². The number of aromatic nitrogens is 1. The van der Waals surface area contributed by atoms with Crippen molar-refractivity contribution in [1.29, 1.82) is 0 Å². The van der Waals surface area contributed by atoms with Crippen molar-refractivity contribution in [3.8, 4) is 0 Å². The van der Waals surface area contributed by atoms with Crippen LogP contribution >= 0.6 is 11.6 Å². The van der Waals surface area contributed by atoms with Crippen LogP contribution in [0.15, 0.2) is 28.3 Å². The fourth-order valence-electron chi connectivity index (χ4n) is 2.98. The largest absolute Gasteiger partial charge is 0.359 e. The first kappa shape index (κ1) is 18.5. The third-order valence-electron chi connectivity index (χ3n) is 4.76. The van der Waals surface area contributed by atoms with Gasteiger partial charge in [-0.05, 0) is 43.9 Å². The van der Waals surface area contributed by atoms with Crippen molar-refractivity contribution in [3.63, 3.8) is 0 Å². The van der Waals surface area contributed by atoms with Gasteiger partial charge in [-0.25, -0.2) is 9.18 Å². The molecule has 1 aliphatic rings. The fraction of sp³-hybridized carbons (Fsp3) is 0.368. The van der Waals surface area contributed by atoms with Gasteiger partial charge in [0.05, 0.1) is 5.02 Å². The zero-order valence-corrected chi connectivity index (χ0v) is 15.7. The second kappa shape index (κ2) is 7.50. The molecule has 138 valence electrons. The van der Waals surface area contributed by atoms with E-state index in [1.807, 2.05) is 13.0 Å². The van der Waals surface area contributed by atoms with Crippen LogP contribution in [0.4, 0.5) is 15.0 Å². The number of piperidine rings is 1. The lowest BCUT2D eigenvalue weighted by molar-refractivity contribution is 0.197. The molecule has 2 aromatic rings. The Labute approximate surface area is 156 Å². The van der Waals surface area contributed by atoms with Crippen molar-refractivity contribution < 1.29 is 13.7 Å². The Hall–Kier alpha value is -2.34. The van der Waals surface area contributed by atoms with Crippen LogP contribution in [0.3, 0.4) is 0 Å². The summed E-state index contributed by atoms with van der Waals surface area (Å²) >= 11 is 5.85. The summed E-state index contributed by atoms with van der Waals surface area (Å²) < 4.78 is 18.4. The first-order chi connectivity index (χ1) is 12.3. The molecule has 26 heavy (non-hydrogen) atoms. The maximum Gasteiger partial charge on any atom is 0.323 e. The predicted octanol–water partition coefficient (Wildman–Crippen LogP) is 5.04. The molecule has 1 N–H and O–H groups in total. The molecular formula is C19H21ClFN3O2. The summed E-state index contributed by atoms with van der Waals surface area (Å²) in [7, 11) is 0. The van der Waals surface area contributed by atoms with Gasteiger partial charge in [-0.2, -0.15) is 0 Å². The second-order valence-electron chi connectivity index (χ2n) is 6.63. The number of carbonyl (C=O) groups excluding carboxylic acids is 1. The molecule has 1 fully saturated rings. The van der Waals surface area contributed by atoms with Crippen LogP contribution in [-0.2, 0) is 0 Å². The lowest BCUT2D eigenvalue weighted by Gasteiger charge is -2.33. The van der Waals surface area contributed by atoms with Gasteiger partial charge in [0.1, 0.15) is 11.6 Å². The van der Waals surface area contributed by atoms with Gasteiger partial charge in [0.2, 0.25) is 0 Å². The average molecular weight is 378 g/mol. The number of halogens is 2. The third-order valence-corrected chi connectivity index (χ3v) is 5.05. The second-order valence-corrected chi connectivity index (χ2v) is 7.04. The van der Waals surface area contributed by atoms with Crippen molar-refractivity contribution in [3.05, 3.63) is 51.5 Å². The number of hydrogen-bond donors (Lipinski definition) is 1.